The molecule has 0 aliphatic heterocycles. The molecule has 0 spiro atoms. The van der Waals surface area contributed by atoms with Gasteiger partial charge in [0.1, 0.15) is 0 Å². The lowest BCUT2D eigenvalue weighted by atomic mass is 10.1. The minimum atomic E-state index is -0.281. The van der Waals surface area contributed by atoms with Crippen molar-refractivity contribution in [2.45, 2.75) is 32.3 Å². The highest BCUT2D eigenvalue weighted by Gasteiger charge is 2.25. The van der Waals surface area contributed by atoms with E-state index >= 15 is 0 Å². The summed E-state index contributed by atoms with van der Waals surface area (Å²) in [6.07, 6.45) is 2.57. The number of carbonyl (C=O) groups excluding carboxylic acids is 1. The molecule has 3 rings (SSSR count). The monoisotopic (exact) mass is 331 g/mol. The summed E-state index contributed by atoms with van der Waals surface area (Å²) in [5.41, 5.74) is 2.73. The zero-order chi connectivity index (χ0) is 16.2. The maximum Gasteiger partial charge on any atom is 0.319 e. The number of nitrogens with zero attached hydrogens (tertiary/aromatic N) is 1. The molecule has 1 aliphatic carbocycles. The zero-order valence-electron chi connectivity index (χ0n) is 13.1. The molecule has 2 atom stereocenters. The van der Waals surface area contributed by atoms with Crippen molar-refractivity contribution >= 4 is 23.1 Å². The van der Waals surface area contributed by atoms with Crippen molar-refractivity contribution in [2.24, 2.45) is 5.92 Å². The molecule has 5 nitrogen and oxygen atoms in total. The van der Waals surface area contributed by atoms with Crippen LogP contribution in [0.3, 0.4) is 0 Å². The van der Waals surface area contributed by atoms with Crippen LogP contribution in [0.2, 0.25) is 0 Å². The quantitative estimate of drug-likeness (QED) is 0.804. The van der Waals surface area contributed by atoms with Gasteiger partial charge >= 0.3 is 6.03 Å². The summed E-state index contributed by atoms with van der Waals surface area (Å²) in [7, 11) is 0. The van der Waals surface area contributed by atoms with Crippen molar-refractivity contribution < 1.29 is 9.90 Å². The summed E-state index contributed by atoms with van der Waals surface area (Å²) in [5, 5.41) is 18.5. The van der Waals surface area contributed by atoms with E-state index in [1.54, 1.807) is 11.3 Å². The second kappa shape index (κ2) is 7.10. The van der Waals surface area contributed by atoms with E-state index in [1.807, 2.05) is 36.6 Å². The van der Waals surface area contributed by atoms with Crippen molar-refractivity contribution in [3.05, 3.63) is 34.7 Å². The zero-order valence-corrected chi connectivity index (χ0v) is 13.9. The number of aliphatic hydroxyl groups is 1. The first-order chi connectivity index (χ1) is 11.1. The van der Waals surface area contributed by atoms with E-state index in [0.717, 1.165) is 41.2 Å². The number of aliphatic hydroxyl groups excluding tert-OH is 1. The molecular weight excluding hydrogens is 310 g/mol. The van der Waals surface area contributed by atoms with Gasteiger partial charge in [-0.15, -0.1) is 11.3 Å². The second-order valence-corrected chi connectivity index (χ2v) is 6.98. The van der Waals surface area contributed by atoms with Crippen LogP contribution in [0.1, 0.15) is 24.3 Å². The van der Waals surface area contributed by atoms with Crippen LogP contribution in [0.25, 0.3) is 11.3 Å². The molecule has 1 saturated carbocycles. The van der Waals surface area contributed by atoms with E-state index in [2.05, 4.69) is 15.6 Å². The first-order valence-electron chi connectivity index (χ1n) is 7.87. The summed E-state index contributed by atoms with van der Waals surface area (Å²) in [4.78, 5) is 16.4. The van der Waals surface area contributed by atoms with Gasteiger partial charge < -0.3 is 15.7 Å². The molecule has 1 aliphatic rings. The summed E-state index contributed by atoms with van der Waals surface area (Å²) in [5.74, 6) is 0.177. The third-order valence-electron chi connectivity index (χ3n) is 4.20. The Morgan fingerprint density at radius 3 is 2.74 bits per heavy atom. The van der Waals surface area contributed by atoms with Gasteiger partial charge in [0, 0.05) is 29.1 Å². The number of nitrogens with one attached hydrogen (secondary N) is 2. The van der Waals surface area contributed by atoms with Crippen LogP contribution in [0.15, 0.2) is 29.6 Å². The van der Waals surface area contributed by atoms with E-state index in [9.17, 15) is 9.90 Å². The lowest BCUT2D eigenvalue weighted by Crippen LogP contribution is -2.35. The minimum absolute atomic E-state index is 0.177. The lowest BCUT2D eigenvalue weighted by molar-refractivity contribution is 0.133. The fourth-order valence-corrected chi connectivity index (χ4v) is 3.50. The number of aromatic nitrogens is 1. The highest BCUT2D eigenvalue weighted by Crippen LogP contribution is 2.25. The molecule has 0 saturated heterocycles. The minimum Gasteiger partial charge on any atom is -0.393 e. The number of amides is 2. The predicted molar refractivity (Wildman–Crippen MR) is 92.7 cm³/mol. The lowest BCUT2D eigenvalue weighted by Gasteiger charge is -2.15. The average Bonchev–Trinajstić information content (AvgIpc) is 3.15. The van der Waals surface area contributed by atoms with Gasteiger partial charge in [0.15, 0.2) is 0 Å². The van der Waals surface area contributed by atoms with Crippen LogP contribution in [0.4, 0.5) is 10.5 Å². The van der Waals surface area contributed by atoms with Crippen molar-refractivity contribution in [3.8, 4) is 11.3 Å². The van der Waals surface area contributed by atoms with E-state index in [-0.39, 0.29) is 18.1 Å². The van der Waals surface area contributed by atoms with Gasteiger partial charge in [0.2, 0.25) is 0 Å². The fourth-order valence-electron chi connectivity index (χ4n) is 2.87. The van der Waals surface area contributed by atoms with E-state index in [0.29, 0.717) is 6.54 Å². The Bertz CT molecular complexity index is 669. The molecule has 1 heterocycles. The fraction of sp³-hybridized carbons (Fsp3) is 0.412. The third kappa shape index (κ3) is 4.09. The molecule has 0 bridgehead atoms. The number of hydrogen-bond acceptors (Lipinski definition) is 4. The van der Waals surface area contributed by atoms with Crippen LogP contribution < -0.4 is 10.6 Å². The number of thiazole rings is 1. The Labute approximate surface area is 139 Å². The molecule has 0 radical (unpaired) electrons. The van der Waals surface area contributed by atoms with Gasteiger partial charge in [-0.25, -0.2) is 9.78 Å². The van der Waals surface area contributed by atoms with Gasteiger partial charge in [0.25, 0.3) is 0 Å². The molecule has 2 amide bonds. The molecule has 3 N–H and O–H groups in total. The van der Waals surface area contributed by atoms with Crippen LogP contribution in [-0.4, -0.2) is 28.8 Å². The summed E-state index contributed by atoms with van der Waals surface area (Å²) < 4.78 is 0. The standard InChI is InChI=1S/C17H21N3O2S/c1-11-19-15(10-23-11)12-5-7-14(8-6-12)20-17(22)18-9-13-3-2-4-16(13)21/h5-8,10,13,16,21H,2-4,9H2,1H3,(H2,18,20,22)/t13-,16+/m0/s1. The van der Waals surface area contributed by atoms with Gasteiger partial charge in [-0.3, -0.25) is 0 Å². The molecule has 23 heavy (non-hydrogen) atoms. The molecule has 122 valence electrons. The number of urea groups is 1. The van der Waals surface area contributed by atoms with Crippen LogP contribution in [0.5, 0.6) is 0 Å². The second-order valence-electron chi connectivity index (χ2n) is 5.92. The smallest absolute Gasteiger partial charge is 0.319 e. The average molecular weight is 331 g/mol. The van der Waals surface area contributed by atoms with Crippen LogP contribution in [-0.2, 0) is 0 Å². The van der Waals surface area contributed by atoms with Crippen molar-refractivity contribution in [1.82, 2.24) is 10.3 Å². The van der Waals surface area contributed by atoms with E-state index in [4.69, 9.17) is 0 Å². The number of carbonyl (C=O) groups is 1. The van der Waals surface area contributed by atoms with Crippen LogP contribution >= 0.6 is 11.3 Å². The third-order valence-corrected chi connectivity index (χ3v) is 4.97. The molecule has 6 heteroatoms. The maximum atomic E-state index is 11.9. The summed E-state index contributed by atoms with van der Waals surface area (Å²) in [6, 6.07) is 7.40. The highest BCUT2D eigenvalue weighted by atomic mass is 32.1. The van der Waals surface area contributed by atoms with Gasteiger partial charge in [-0.1, -0.05) is 18.6 Å². The normalized spacial score (nSPS) is 20.4. The first kappa shape index (κ1) is 16.0. The van der Waals surface area contributed by atoms with Gasteiger partial charge in [-0.05, 0) is 31.9 Å². The Morgan fingerprint density at radius 2 is 2.13 bits per heavy atom. The van der Waals surface area contributed by atoms with Gasteiger partial charge in [-0.2, -0.15) is 0 Å². The Morgan fingerprint density at radius 1 is 1.35 bits per heavy atom. The number of aryl methyl sites for hydroxylation is 1. The van der Waals surface area contributed by atoms with Crippen molar-refractivity contribution in [1.29, 1.82) is 0 Å². The predicted octanol–water partition coefficient (Wildman–Crippen LogP) is 3.40. The highest BCUT2D eigenvalue weighted by molar-refractivity contribution is 7.09. The van der Waals surface area contributed by atoms with Crippen molar-refractivity contribution in [3.63, 3.8) is 0 Å². The number of rotatable bonds is 4. The number of benzene rings is 1. The largest absolute Gasteiger partial charge is 0.393 e. The molecule has 1 aromatic heterocycles. The Balaban J connectivity index is 1.52. The number of anilines is 1. The summed E-state index contributed by atoms with van der Waals surface area (Å²) in [6.45, 7) is 2.50. The molecule has 2 aromatic rings. The SMILES string of the molecule is Cc1nc(-c2ccc(NC(=O)NC[C@@H]3CCC[C@H]3O)cc2)cs1. The maximum absolute atomic E-state index is 11.9. The topological polar surface area (TPSA) is 74.2 Å². The molecule has 1 fully saturated rings. The first-order valence-corrected chi connectivity index (χ1v) is 8.75. The van der Waals surface area contributed by atoms with E-state index in [1.165, 1.54) is 0 Å². The van der Waals surface area contributed by atoms with Gasteiger partial charge in [0.05, 0.1) is 16.8 Å². The number of hydrogen-bond donors (Lipinski definition) is 3. The summed E-state index contributed by atoms with van der Waals surface area (Å²) >= 11 is 1.62. The van der Waals surface area contributed by atoms with Crippen LogP contribution in [0, 0.1) is 12.8 Å². The Hall–Kier alpha value is -1.92. The molecular formula is C17H21N3O2S. The molecule has 1 aromatic carbocycles. The molecule has 0 unspecified atom stereocenters. The van der Waals surface area contributed by atoms with E-state index < -0.39 is 0 Å². The van der Waals surface area contributed by atoms with Crippen molar-refractivity contribution in [2.75, 3.05) is 11.9 Å². The Kier molecular flexibility index (Phi) is 4.93.